The number of nitrogens with two attached hydrogens (primary N) is 1. The highest BCUT2D eigenvalue weighted by Gasteiger charge is 2.28. The minimum atomic E-state index is -4.56. The average molecular weight is 238 g/mol. The lowest BCUT2D eigenvalue weighted by atomic mass is 10.4. The maximum Gasteiger partial charge on any atom is 0.522 e. The van der Waals surface area contributed by atoms with Gasteiger partial charge in [0.25, 0.3) is 0 Å². The predicted octanol–water partition coefficient (Wildman–Crippen LogP) is 2.29. The van der Waals surface area contributed by atoms with Crippen molar-refractivity contribution in [3.8, 4) is 0 Å². The first kappa shape index (κ1) is 12.1. The fourth-order valence-electron chi connectivity index (χ4n) is 0.781. The Balaban J connectivity index is 2.23. The third kappa shape index (κ3) is 5.48. The van der Waals surface area contributed by atoms with Crippen LogP contribution in [0.5, 0.6) is 0 Å². The molecule has 0 bridgehead atoms. The topological polar surface area (TPSA) is 48.1 Å². The average Bonchev–Trinajstić information content (AvgIpc) is 2.14. The van der Waals surface area contributed by atoms with Crippen molar-refractivity contribution in [3.63, 3.8) is 0 Å². The lowest BCUT2D eigenvalue weighted by Crippen LogP contribution is -2.15. The van der Waals surface area contributed by atoms with E-state index in [1.54, 1.807) is 12.1 Å². The molecule has 1 aromatic heterocycles. The third-order valence-electron chi connectivity index (χ3n) is 1.36. The second kappa shape index (κ2) is 5.22. The van der Waals surface area contributed by atoms with Crippen LogP contribution in [0.15, 0.2) is 23.4 Å². The van der Waals surface area contributed by atoms with Gasteiger partial charge in [-0.05, 0) is 12.1 Å². The minimum absolute atomic E-state index is 0.191. The summed E-state index contributed by atoms with van der Waals surface area (Å²) in [5.74, 6) is 0.191. The van der Waals surface area contributed by atoms with Gasteiger partial charge < -0.3 is 5.73 Å². The van der Waals surface area contributed by atoms with Crippen molar-refractivity contribution in [1.82, 2.24) is 4.98 Å². The Labute approximate surface area is 88.8 Å². The highest BCUT2D eigenvalue weighted by molar-refractivity contribution is 7.99. The first-order valence-corrected chi connectivity index (χ1v) is 5.01. The maximum absolute atomic E-state index is 11.6. The molecule has 0 unspecified atom stereocenters. The highest BCUT2D eigenvalue weighted by atomic mass is 32.2. The van der Waals surface area contributed by atoms with Crippen LogP contribution in [0.4, 0.5) is 18.9 Å². The molecular formula is C8H9F3N2OS. The second-order valence-electron chi connectivity index (χ2n) is 2.57. The normalized spacial score (nSPS) is 11.7. The van der Waals surface area contributed by atoms with Crippen LogP contribution in [-0.4, -0.2) is 23.7 Å². The number of halogens is 3. The van der Waals surface area contributed by atoms with E-state index in [0.717, 1.165) is 0 Å². The summed E-state index contributed by atoms with van der Waals surface area (Å²) in [7, 11) is 0. The van der Waals surface area contributed by atoms with E-state index in [1.807, 2.05) is 0 Å². The molecule has 1 aromatic rings. The van der Waals surface area contributed by atoms with E-state index in [2.05, 4.69) is 9.72 Å². The van der Waals surface area contributed by atoms with Crippen LogP contribution >= 0.6 is 11.8 Å². The first-order valence-electron chi connectivity index (χ1n) is 4.02. The Bertz CT molecular complexity index is 302. The Morgan fingerprint density at radius 3 is 2.67 bits per heavy atom. The Morgan fingerprint density at radius 2 is 2.13 bits per heavy atom. The van der Waals surface area contributed by atoms with E-state index in [-0.39, 0.29) is 12.4 Å². The largest absolute Gasteiger partial charge is 0.522 e. The summed E-state index contributed by atoms with van der Waals surface area (Å²) in [6.07, 6.45) is -3.11. The molecule has 0 saturated carbocycles. The van der Waals surface area contributed by atoms with E-state index < -0.39 is 6.36 Å². The van der Waals surface area contributed by atoms with Gasteiger partial charge in [-0.25, -0.2) is 4.98 Å². The van der Waals surface area contributed by atoms with Crippen LogP contribution in [0.1, 0.15) is 0 Å². The van der Waals surface area contributed by atoms with Gasteiger partial charge >= 0.3 is 6.36 Å². The molecule has 0 saturated heterocycles. The lowest BCUT2D eigenvalue weighted by molar-refractivity contribution is -0.322. The smallest absolute Gasteiger partial charge is 0.397 e. The van der Waals surface area contributed by atoms with Crippen LogP contribution in [0, 0.1) is 0 Å². The first-order chi connectivity index (χ1) is 6.97. The molecule has 0 aliphatic rings. The summed E-state index contributed by atoms with van der Waals surface area (Å²) in [5.41, 5.74) is 5.91. The summed E-state index contributed by atoms with van der Waals surface area (Å²) < 4.78 is 38.3. The lowest BCUT2D eigenvalue weighted by Gasteiger charge is -2.06. The number of pyridine rings is 1. The summed E-state index contributed by atoms with van der Waals surface area (Å²) >= 11 is 1.18. The van der Waals surface area contributed by atoms with Crippen LogP contribution in [0.2, 0.25) is 0 Å². The van der Waals surface area contributed by atoms with Crippen LogP contribution in [-0.2, 0) is 4.74 Å². The molecule has 0 amide bonds. The van der Waals surface area contributed by atoms with Crippen molar-refractivity contribution < 1.29 is 17.9 Å². The van der Waals surface area contributed by atoms with Crippen molar-refractivity contribution in [2.24, 2.45) is 0 Å². The number of anilines is 1. The standard InChI is InChI=1S/C8H9F3N2OS/c9-8(10,11)14-3-4-15-7-2-1-6(12)5-13-7/h1-2,5H,3-4,12H2. The number of aromatic nitrogens is 1. The second-order valence-corrected chi connectivity index (χ2v) is 3.69. The van der Waals surface area contributed by atoms with Crippen LogP contribution < -0.4 is 5.73 Å². The van der Waals surface area contributed by atoms with E-state index in [4.69, 9.17) is 5.73 Å². The van der Waals surface area contributed by atoms with Crippen molar-refractivity contribution >= 4 is 17.4 Å². The zero-order chi connectivity index (χ0) is 11.3. The number of thioether (sulfide) groups is 1. The molecule has 1 heterocycles. The van der Waals surface area contributed by atoms with E-state index in [9.17, 15) is 13.2 Å². The van der Waals surface area contributed by atoms with Gasteiger partial charge in [0.05, 0.1) is 23.5 Å². The van der Waals surface area contributed by atoms with E-state index in [1.165, 1.54) is 18.0 Å². The van der Waals surface area contributed by atoms with Gasteiger partial charge in [-0.3, -0.25) is 4.74 Å². The molecule has 0 radical (unpaired) electrons. The molecule has 0 aromatic carbocycles. The Morgan fingerprint density at radius 1 is 1.40 bits per heavy atom. The number of rotatable bonds is 4. The molecular weight excluding hydrogens is 229 g/mol. The summed E-state index contributed by atoms with van der Waals surface area (Å²) in [4.78, 5) is 3.91. The number of alkyl halides is 3. The Hall–Kier alpha value is -0.950. The zero-order valence-corrected chi connectivity index (χ0v) is 8.44. The van der Waals surface area contributed by atoms with Crippen molar-refractivity contribution in [2.45, 2.75) is 11.4 Å². The number of nitrogens with zero attached hydrogens (tertiary/aromatic N) is 1. The molecule has 0 fully saturated rings. The van der Waals surface area contributed by atoms with Gasteiger partial charge in [-0.2, -0.15) is 0 Å². The van der Waals surface area contributed by atoms with Gasteiger partial charge in [-0.1, -0.05) is 0 Å². The van der Waals surface area contributed by atoms with E-state index >= 15 is 0 Å². The molecule has 7 heteroatoms. The van der Waals surface area contributed by atoms with Gasteiger partial charge in [0.2, 0.25) is 0 Å². The number of ether oxygens (including phenoxy) is 1. The summed E-state index contributed by atoms with van der Waals surface area (Å²) in [6, 6.07) is 3.29. The molecule has 0 aliphatic carbocycles. The predicted molar refractivity (Wildman–Crippen MR) is 51.4 cm³/mol. The number of hydrogen-bond donors (Lipinski definition) is 1. The van der Waals surface area contributed by atoms with Gasteiger partial charge in [-0.15, -0.1) is 24.9 Å². The molecule has 1 rings (SSSR count). The minimum Gasteiger partial charge on any atom is -0.397 e. The quantitative estimate of drug-likeness (QED) is 0.645. The summed E-state index contributed by atoms with van der Waals surface area (Å²) in [6.45, 7) is -0.389. The molecule has 15 heavy (non-hydrogen) atoms. The van der Waals surface area contributed by atoms with Crippen molar-refractivity contribution in [1.29, 1.82) is 0 Å². The fraction of sp³-hybridized carbons (Fsp3) is 0.375. The maximum atomic E-state index is 11.6. The highest BCUT2D eigenvalue weighted by Crippen LogP contribution is 2.19. The number of nitrogen functional groups attached to an aromatic ring is 1. The zero-order valence-electron chi connectivity index (χ0n) is 7.62. The molecule has 84 valence electrons. The van der Waals surface area contributed by atoms with Gasteiger partial charge in [0.15, 0.2) is 0 Å². The fourth-order valence-corrected chi connectivity index (χ4v) is 1.45. The van der Waals surface area contributed by atoms with Gasteiger partial charge in [0, 0.05) is 5.75 Å². The molecule has 0 spiro atoms. The molecule has 2 N–H and O–H groups in total. The summed E-state index contributed by atoms with van der Waals surface area (Å²) in [5, 5.41) is 0.620. The molecule has 0 aliphatic heterocycles. The van der Waals surface area contributed by atoms with Crippen molar-refractivity contribution in [3.05, 3.63) is 18.3 Å². The Kier molecular flexibility index (Phi) is 4.22. The van der Waals surface area contributed by atoms with E-state index in [0.29, 0.717) is 10.7 Å². The molecule has 3 nitrogen and oxygen atoms in total. The van der Waals surface area contributed by atoms with Crippen LogP contribution in [0.3, 0.4) is 0 Å². The monoisotopic (exact) mass is 238 g/mol. The van der Waals surface area contributed by atoms with Gasteiger partial charge in [0.1, 0.15) is 0 Å². The molecule has 0 atom stereocenters. The van der Waals surface area contributed by atoms with Crippen LogP contribution in [0.25, 0.3) is 0 Å². The SMILES string of the molecule is Nc1ccc(SCCOC(F)(F)F)nc1. The third-order valence-corrected chi connectivity index (χ3v) is 2.27. The number of hydrogen-bond acceptors (Lipinski definition) is 4. The van der Waals surface area contributed by atoms with Crippen molar-refractivity contribution in [2.75, 3.05) is 18.1 Å².